The average molecular weight is 221 g/mol. The predicted octanol–water partition coefficient (Wildman–Crippen LogP) is 5.74. The Labute approximate surface area is 97.3 Å². The minimum atomic E-state index is 0. The highest BCUT2D eigenvalue weighted by molar-refractivity contribution is 5.85. The van der Waals surface area contributed by atoms with E-state index in [1.807, 2.05) is 0 Å². The topological polar surface area (TPSA) is 0 Å². The second-order valence-corrected chi connectivity index (χ2v) is 4.18. The maximum absolute atomic E-state index is 2.28. The minimum absolute atomic E-state index is 0. The minimum Gasteiger partial charge on any atom is -0.147 e. The van der Waals surface area contributed by atoms with Crippen molar-refractivity contribution in [3.05, 3.63) is 0 Å². The molecule has 0 spiro atoms. The van der Waals surface area contributed by atoms with E-state index in [2.05, 4.69) is 13.8 Å². The molecule has 0 unspecified atom stereocenters. The maximum Gasteiger partial charge on any atom is -0.0533 e. The Morgan fingerprint density at radius 1 is 0.429 bits per heavy atom. The van der Waals surface area contributed by atoms with Crippen molar-refractivity contribution in [2.75, 3.05) is 0 Å². The normalized spacial score (nSPS) is 9.86. The monoisotopic (exact) mass is 220 g/mol. The van der Waals surface area contributed by atoms with Gasteiger partial charge in [-0.25, -0.2) is 0 Å². The molecule has 0 amide bonds. The van der Waals surface area contributed by atoms with Crippen LogP contribution in [0.25, 0.3) is 0 Å². The van der Waals surface area contributed by atoms with Crippen LogP contribution in [-0.4, -0.2) is 0 Å². The van der Waals surface area contributed by atoms with Gasteiger partial charge in [0.1, 0.15) is 0 Å². The molecule has 88 valence electrons. The van der Waals surface area contributed by atoms with Gasteiger partial charge in [-0.2, -0.15) is 0 Å². The highest BCUT2D eigenvalue weighted by Crippen LogP contribution is 2.10. The second kappa shape index (κ2) is 15.7. The molecule has 0 aromatic heterocycles. The Morgan fingerprint density at radius 3 is 0.857 bits per heavy atom. The van der Waals surface area contributed by atoms with Crippen LogP contribution in [-0.2, 0) is 0 Å². The smallest absolute Gasteiger partial charge is 0.0533 e. The van der Waals surface area contributed by atoms with Crippen molar-refractivity contribution in [2.24, 2.45) is 0 Å². The van der Waals surface area contributed by atoms with Crippen LogP contribution in [0.4, 0.5) is 0 Å². The first-order valence-corrected chi connectivity index (χ1v) is 6.41. The first-order valence-electron chi connectivity index (χ1n) is 6.41. The fourth-order valence-electron chi connectivity index (χ4n) is 1.74. The lowest BCUT2D eigenvalue weighted by Gasteiger charge is -2.00. The summed E-state index contributed by atoms with van der Waals surface area (Å²) >= 11 is 0. The van der Waals surface area contributed by atoms with E-state index in [1.54, 1.807) is 0 Å². The van der Waals surface area contributed by atoms with E-state index in [4.69, 9.17) is 0 Å². The van der Waals surface area contributed by atoms with Gasteiger partial charge >= 0.3 is 0 Å². The van der Waals surface area contributed by atoms with Crippen LogP contribution in [0.2, 0.25) is 0 Å². The van der Waals surface area contributed by atoms with Crippen molar-refractivity contribution in [2.45, 2.75) is 84.5 Å². The summed E-state index contributed by atoms with van der Waals surface area (Å²) in [7, 11) is 0. The van der Waals surface area contributed by atoms with Gasteiger partial charge in [0.15, 0.2) is 0 Å². The number of hydrogen-bond donors (Lipinski definition) is 0. The summed E-state index contributed by atoms with van der Waals surface area (Å²) in [6.45, 7) is 4.56. The van der Waals surface area contributed by atoms with Crippen LogP contribution in [0.15, 0.2) is 0 Å². The fraction of sp³-hybridized carbons (Fsp3) is 1.00. The number of rotatable bonds is 10. The first-order chi connectivity index (χ1) is 6.41. The van der Waals surface area contributed by atoms with E-state index in [0.29, 0.717) is 0 Å². The third-order valence-corrected chi connectivity index (χ3v) is 2.71. The summed E-state index contributed by atoms with van der Waals surface area (Å²) in [4.78, 5) is 0. The lowest BCUT2D eigenvalue weighted by atomic mass is 10.1. The summed E-state index contributed by atoms with van der Waals surface area (Å²) in [5, 5.41) is 0. The molecule has 0 fully saturated rings. The highest BCUT2D eigenvalue weighted by atomic mass is 35.5. The lowest BCUT2D eigenvalue weighted by molar-refractivity contribution is 0.554. The van der Waals surface area contributed by atoms with Crippen LogP contribution in [0.5, 0.6) is 0 Å². The summed E-state index contributed by atoms with van der Waals surface area (Å²) in [5.74, 6) is 0. The molecule has 0 rings (SSSR count). The molecular formula is C13H29Cl. The Hall–Kier alpha value is 0.290. The van der Waals surface area contributed by atoms with Gasteiger partial charge in [0.05, 0.1) is 0 Å². The third-order valence-electron chi connectivity index (χ3n) is 2.71. The van der Waals surface area contributed by atoms with Gasteiger partial charge in [-0.3, -0.25) is 0 Å². The predicted molar refractivity (Wildman–Crippen MR) is 69.4 cm³/mol. The molecule has 0 N–H and O–H groups in total. The Kier molecular flexibility index (Phi) is 18.8. The fourth-order valence-corrected chi connectivity index (χ4v) is 1.74. The van der Waals surface area contributed by atoms with Crippen molar-refractivity contribution >= 4 is 12.4 Å². The van der Waals surface area contributed by atoms with E-state index >= 15 is 0 Å². The van der Waals surface area contributed by atoms with Gasteiger partial charge in [0.2, 0.25) is 0 Å². The molecule has 0 saturated carbocycles. The van der Waals surface area contributed by atoms with Crippen LogP contribution in [0.3, 0.4) is 0 Å². The summed E-state index contributed by atoms with van der Waals surface area (Å²) in [6, 6.07) is 0. The molecule has 0 aromatic rings. The molecule has 0 atom stereocenters. The molecule has 0 nitrogen and oxygen atoms in total. The number of unbranched alkanes of at least 4 members (excludes halogenated alkanes) is 10. The highest BCUT2D eigenvalue weighted by Gasteiger charge is 1.90. The standard InChI is InChI=1S/C13H28.ClH/c1-3-5-7-9-11-13-12-10-8-6-4-2;/h3-13H2,1-2H3;1H. The van der Waals surface area contributed by atoms with Crippen LogP contribution >= 0.6 is 12.4 Å². The van der Waals surface area contributed by atoms with Crippen molar-refractivity contribution in [3.63, 3.8) is 0 Å². The second-order valence-electron chi connectivity index (χ2n) is 4.18. The van der Waals surface area contributed by atoms with Crippen LogP contribution in [0.1, 0.15) is 84.5 Å². The molecule has 1 heteroatoms. The lowest BCUT2D eigenvalue weighted by Crippen LogP contribution is -1.80. The zero-order valence-corrected chi connectivity index (χ0v) is 11.0. The molecule has 0 aliphatic carbocycles. The molecule has 0 heterocycles. The van der Waals surface area contributed by atoms with Crippen molar-refractivity contribution in [3.8, 4) is 0 Å². The molecule has 0 aliphatic heterocycles. The molecule has 0 aromatic carbocycles. The van der Waals surface area contributed by atoms with Crippen molar-refractivity contribution in [1.29, 1.82) is 0 Å². The Balaban J connectivity index is 0. The van der Waals surface area contributed by atoms with E-state index in [0.717, 1.165) is 0 Å². The van der Waals surface area contributed by atoms with Gasteiger partial charge in [0.25, 0.3) is 0 Å². The van der Waals surface area contributed by atoms with Gasteiger partial charge in [-0.1, -0.05) is 84.5 Å². The van der Waals surface area contributed by atoms with Gasteiger partial charge in [-0.15, -0.1) is 12.4 Å². The largest absolute Gasteiger partial charge is 0.147 e. The molecular weight excluding hydrogens is 192 g/mol. The molecule has 14 heavy (non-hydrogen) atoms. The molecule has 0 aliphatic rings. The van der Waals surface area contributed by atoms with E-state index < -0.39 is 0 Å². The molecule has 0 saturated heterocycles. The molecule has 0 bridgehead atoms. The SMILES string of the molecule is CCCCCCCCCCCCC.Cl. The van der Waals surface area contributed by atoms with Crippen LogP contribution in [0, 0.1) is 0 Å². The molecule has 0 radical (unpaired) electrons. The van der Waals surface area contributed by atoms with E-state index in [1.165, 1.54) is 70.6 Å². The maximum atomic E-state index is 2.28. The van der Waals surface area contributed by atoms with E-state index in [-0.39, 0.29) is 12.4 Å². The number of halogens is 1. The van der Waals surface area contributed by atoms with Crippen molar-refractivity contribution < 1.29 is 0 Å². The first kappa shape index (κ1) is 16.7. The number of hydrogen-bond acceptors (Lipinski definition) is 0. The summed E-state index contributed by atoms with van der Waals surface area (Å²) in [5.41, 5.74) is 0. The Morgan fingerprint density at radius 2 is 0.643 bits per heavy atom. The average Bonchev–Trinajstić information content (AvgIpc) is 2.16. The van der Waals surface area contributed by atoms with E-state index in [9.17, 15) is 0 Å². The van der Waals surface area contributed by atoms with Gasteiger partial charge in [-0.05, 0) is 0 Å². The summed E-state index contributed by atoms with van der Waals surface area (Å²) < 4.78 is 0. The summed E-state index contributed by atoms with van der Waals surface area (Å²) in [6.07, 6.45) is 15.9. The zero-order valence-electron chi connectivity index (χ0n) is 10.2. The quantitative estimate of drug-likeness (QED) is 0.412. The van der Waals surface area contributed by atoms with Gasteiger partial charge in [0, 0.05) is 0 Å². The third kappa shape index (κ3) is 14.8. The Bertz CT molecular complexity index is 71.3. The zero-order chi connectivity index (χ0) is 9.78. The van der Waals surface area contributed by atoms with Gasteiger partial charge < -0.3 is 0 Å². The van der Waals surface area contributed by atoms with Crippen molar-refractivity contribution in [1.82, 2.24) is 0 Å². The van der Waals surface area contributed by atoms with Crippen LogP contribution < -0.4 is 0 Å².